The minimum atomic E-state index is -3.27. The first-order valence-corrected chi connectivity index (χ1v) is 9.89. The summed E-state index contributed by atoms with van der Waals surface area (Å²) in [4.78, 5) is 16.4. The lowest BCUT2D eigenvalue weighted by atomic mass is 10.3. The summed E-state index contributed by atoms with van der Waals surface area (Å²) in [5.74, 6) is 0. The third-order valence-electron chi connectivity index (χ3n) is 4.34. The van der Waals surface area contributed by atoms with Gasteiger partial charge in [0.2, 0.25) is 0 Å². The molecule has 1 heterocycles. The SMILES string of the molecule is O=C(NCc1ccccn1)Nc1ccc(S(=O)(=O)C2CCCC2)cc1. The molecule has 1 saturated carbocycles. The zero-order valence-electron chi connectivity index (χ0n) is 13.8. The number of benzene rings is 1. The first-order chi connectivity index (χ1) is 12.1. The molecular formula is C18H21N3O3S. The zero-order chi connectivity index (χ0) is 17.7. The Bertz CT molecular complexity index is 814. The second-order valence-electron chi connectivity index (χ2n) is 6.10. The van der Waals surface area contributed by atoms with Crippen LogP contribution in [0, 0.1) is 0 Å². The first kappa shape index (κ1) is 17.4. The number of amides is 2. The fourth-order valence-electron chi connectivity index (χ4n) is 2.97. The number of hydrogen-bond acceptors (Lipinski definition) is 4. The largest absolute Gasteiger partial charge is 0.332 e. The minimum Gasteiger partial charge on any atom is -0.332 e. The lowest BCUT2D eigenvalue weighted by Crippen LogP contribution is -2.28. The summed E-state index contributed by atoms with van der Waals surface area (Å²) >= 11 is 0. The van der Waals surface area contributed by atoms with Gasteiger partial charge < -0.3 is 10.6 Å². The lowest BCUT2D eigenvalue weighted by Gasteiger charge is -2.12. The molecule has 132 valence electrons. The maximum atomic E-state index is 12.5. The monoisotopic (exact) mass is 359 g/mol. The van der Waals surface area contributed by atoms with Crippen molar-refractivity contribution in [2.75, 3.05) is 5.32 Å². The van der Waals surface area contributed by atoms with Gasteiger partial charge in [0.1, 0.15) is 0 Å². The molecule has 2 aromatic rings. The van der Waals surface area contributed by atoms with Crippen LogP contribution in [-0.4, -0.2) is 24.7 Å². The van der Waals surface area contributed by atoms with E-state index in [-0.39, 0.29) is 11.3 Å². The average molecular weight is 359 g/mol. The van der Waals surface area contributed by atoms with Crippen molar-refractivity contribution in [2.24, 2.45) is 0 Å². The lowest BCUT2D eigenvalue weighted by molar-refractivity contribution is 0.251. The van der Waals surface area contributed by atoms with Gasteiger partial charge in [0.05, 0.1) is 22.4 Å². The second kappa shape index (κ2) is 7.65. The van der Waals surface area contributed by atoms with E-state index < -0.39 is 9.84 Å². The Hall–Kier alpha value is -2.41. The van der Waals surface area contributed by atoms with Gasteiger partial charge in [-0.15, -0.1) is 0 Å². The molecule has 7 heteroatoms. The Morgan fingerprint density at radius 3 is 2.44 bits per heavy atom. The number of anilines is 1. The zero-order valence-corrected chi connectivity index (χ0v) is 14.6. The Morgan fingerprint density at radius 1 is 1.08 bits per heavy atom. The maximum Gasteiger partial charge on any atom is 0.319 e. The summed E-state index contributed by atoms with van der Waals surface area (Å²) in [6.45, 7) is 0.320. The van der Waals surface area contributed by atoms with Crippen molar-refractivity contribution in [3.63, 3.8) is 0 Å². The van der Waals surface area contributed by atoms with Crippen LogP contribution in [0.25, 0.3) is 0 Å². The Balaban J connectivity index is 1.58. The topological polar surface area (TPSA) is 88.2 Å². The van der Waals surface area contributed by atoms with Crippen molar-refractivity contribution >= 4 is 21.6 Å². The molecule has 1 aromatic heterocycles. The van der Waals surface area contributed by atoms with Crippen LogP contribution >= 0.6 is 0 Å². The third kappa shape index (κ3) is 4.36. The van der Waals surface area contributed by atoms with Gasteiger partial charge in [-0.2, -0.15) is 0 Å². The van der Waals surface area contributed by atoms with E-state index in [1.807, 2.05) is 18.2 Å². The van der Waals surface area contributed by atoms with Crippen LogP contribution in [0.3, 0.4) is 0 Å². The van der Waals surface area contributed by atoms with Crippen molar-refractivity contribution in [3.8, 4) is 0 Å². The van der Waals surface area contributed by atoms with E-state index in [9.17, 15) is 13.2 Å². The van der Waals surface area contributed by atoms with Gasteiger partial charge >= 0.3 is 6.03 Å². The van der Waals surface area contributed by atoms with Gasteiger partial charge in [-0.05, 0) is 49.2 Å². The molecule has 3 rings (SSSR count). The molecule has 2 N–H and O–H groups in total. The van der Waals surface area contributed by atoms with Gasteiger partial charge in [0, 0.05) is 11.9 Å². The molecule has 0 radical (unpaired) electrons. The quantitative estimate of drug-likeness (QED) is 0.858. The highest BCUT2D eigenvalue weighted by molar-refractivity contribution is 7.92. The van der Waals surface area contributed by atoms with E-state index in [2.05, 4.69) is 15.6 Å². The number of hydrogen-bond donors (Lipinski definition) is 2. The molecule has 0 saturated heterocycles. The molecule has 1 aliphatic carbocycles. The van der Waals surface area contributed by atoms with Crippen LogP contribution in [0.2, 0.25) is 0 Å². The normalized spacial score (nSPS) is 15.0. The van der Waals surface area contributed by atoms with Crippen LogP contribution in [0.4, 0.5) is 10.5 Å². The smallest absolute Gasteiger partial charge is 0.319 e. The summed E-state index contributed by atoms with van der Waals surface area (Å²) in [6.07, 6.45) is 5.08. The summed E-state index contributed by atoms with van der Waals surface area (Å²) in [6, 6.07) is 11.5. The van der Waals surface area contributed by atoms with Gasteiger partial charge in [-0.3, -0.25) is 4.98 Å². The van der Waals surface area contributed by atoms with Crippen LogP contribution in [0.1, 0.15) is 31.4 Å². The Morgan fingerprint density at radius 2 is 1.80 bits per heavy atom. The molecule has 1 fully saturated rings. The fourth-order valence-corrected chi connectivity index (χ4v) is 4.82. The van der Waals surface area contributed by atoms with E-state index in [1.165, 1.54) is 0 Å². The van der Waals surface area contributed by atoms with Crippen molar-refractivity contribution in [3.05, 3.63) is 54.4 Å². The number of aromatic nitrogens is 1. The van der Waals surface area contributed by atoms with Crippen LogP contribution < -0.4 is 10.6 Å². The Labute approximate surface area is 147 Å². The molecule has 6 nitrogen and oxygen atoms in total. The predicted octanol–water partition coefficient (Wildman–Crippen LogP) is 3.12. The number of nitrogens with zero attached hydrogens (tertiary/aromatic N) is 1. The minimum absolute atomic E-state index is 0.270. The summed E-state index contributed by atoms with van der Waals surface area (Å²) in [5.41, 5.74) is 1.31. The Kier molecular flexibility index (Phi) is 5.33. The third-order valence-corrected chi connectivity index (χ3v) is 6.62. The maximum absolute atomic E-state index is 12.5. The van der Waals surface area contributed by atoms with Crippen molar-refractivity contribution < 1.29 is 13.2 Å². The summed E-state index contributed by atoms with van der Waals surface area (Å²) < 4.78 is 25.0. The van der Waals surface area contributed by atoms with E-state index >= 15 is 0 Å². The summed E-state index contributed by atoms with van der Waals surface area (Å²) in [5, 5.41) is 5.12. The first-order valence-electron chi connectivity index (χ1n) is 8.34. The highest BCUT2D eigenvalue weighted by atomic mass is 32.2. The van der Waals surface area contributed by atoms with Crippen molar-refractivity contribution in [1.82, 2.24) is 10.3 Å². The molecule has 0 spiro atoms. The number of carbonyl (C=O) groups excluding carboxylic acids is 1. The molecule has 1 aromatic carbocycles. The highest BCUT2D eigenvalue weighted by Crippen LogP contribution is 2.29. The van der Waals surface area contributed by atoms with Crippen molar-refractivity contribution in [1.29, 1.82) is 0 Å². The number of sulfone groups is 1. The van der Waals surface area contributed by atoms with E-state index in [1.54, 1.807) is 30.5 Å². The number of carbonyl (C=O) groups is 1. The number of nitrogens with one attached hydrogen (secondary N) is 2. The molecule has 2 amide bonds. The highest BCUT2D eigenvalue weighted by Gasteiger charge is 2.30. The standard InChI is InChI=1S/C18H21N3O3S/c22-18(20-13-15-5-3-4-12-19-15)21-14-8-10-17(11-9-14)25(23,24)16-6-1-2-7-16/h3-5,8-12,16H,1-2,6-7,13H2,(H2,20,21,22). The molecular weight excluding hydrogens is 338 g/mol. The average Bonchev–Trinajstić information content (AvgIpc) is 3.17. The van der Waals surface area contributed by atoms with Gasteiger partial charge in [0.25, 0.3) is 0 Å². The number of pyridine rings is 1. The summed E-state index contributed by atoms with van der Waals surface area (Å²) in [7, 11) is -3.27. The second-order valence-corrected chi connectivity index (χ2v) is 8.33. The van der Waals surface area contributed by atoms with E-state index in [0.29, 0.717) is 17.1 Å². The molecule has 25 heavy (non-hydrogen) atoms. The van der Waals surface area contributed by atoms with E-state index in [4.69, 9.17) is 0 Å². The van der Waals surface area contributed by atoms with Crippen LogP contribution in [0.5, 0.6) is 0 Å². The van der Waals surface area contributed by atoms with Crippen LogP contribution in [0.15, 0.2) is 53.6 Å². The van der Waals surface area contributed by atoms with Crippen LogP contribution in [-0.2, 0) is 16.4 Å². The predicted molar refractivity (Wildman–Crippen MR) is 96.0 cm³/mol. The van der Waals surface area contributed by atoms with Gasteiger partial charge in [-0.25, -0.2) is 13.2 Å². The molecule has 0 unspecified atom stereocenters. The van der Waals surface area contributed by atoms with Crippen molar-refractivity contribution in [2.45, 2.75) is 42.4 Å². The van der Waals surface area contributed by atoms with E-state index in [0.717, 1.165) is 31.4 Å². The van der Waals surface area contributed by atoms with Gasteiger partial charge in [-0.1, -0.05) is 18.9 Å². The number of rotatable bonds is 5. The molecule has 0 aliphatic heterocycles. The van der Waals surface area contributed by atoms with Gasteiger partial charge in [0.15, 0.2) is 9.84 Å². The number of urea groups is 1. The molecule has 0 bridgehead atoms. The molecule has 1 aliphatic rings. The molecule has 0 atom stereocenters. The fraction of sp³-hybridized carbons (Fsp3) is 0.333.